The summed E-state index contributed by atoms with van der Waals surface area (Å²) in [6, 6.07) is 23.8. The van der Waals surface area contributed by atoms with Crippen LogP contribution in [0, 0.1) is 5.21 Å². The van der Waals surface area contributed by atoms with Crippen molar-refractivity contribution in [2.45, 2.75) is 18.5 Å². The van der Waals surface area contributed by atoms with E-state index in [1.165, 1.54) is 23.5 Å². The number of nitrogens with one attached hydrogen (secondary N) is 1. The standard InChI is InChI=1S/C23H23N3O2/c27-23(20-11-13-26(28)14-12-20)24-22-17-25(15-18-7-3-1-4-8-18)16-21(22)19-9-5-2-6-10-19/h1-14,21-22H,15-17H2,(H,24,27)/t21-,22+/m0/s1. The van der Waals surface area contributed by atoms with Crippen molar-refractivity contribution < 1.29 is 9.52 Å². The first-order valence-electron chi connectivity index (χ1n) is 9.50. The Bertz CT molecular complexity index is 914. The average molecular weight is 373 g/mol. The van der Waals surface area contributed by atoms with Gasteiger partial charge in [-0.15, -0.1) is 0 Å². The highest BCUT2D eigenvalue weighted by Crippen LogP contribution is 2.29. The Hall–Kier alpha value is -3.18. The van der Waals surface area contributed by atoms with Gasteiger partial charge in [-0.25, -0.2) is 0 Å². The molecule has 1 amide bonds. The Morgan fingerprint density at radius 3 is 2.29 bits per heavy atom. The molecule has 1 saturated heterocycles. The highest BCUT2D eigenvalue weighted by atomic mass is 16.5. The van der Waals surface area contributed by atoms with Gasteiger partial charge < -0.3 is 10.5 Å². The van der Waals surface area contributed by atoms with Crippen LogP contribution in [0.1, 0.15) is 27.4 Å². The van der Waals surface area contributed by atoms with Crippen molar-refractivity contribution in [1.29, 1.82) is 0 Å². The minimum atomic E-state index is -0.145. The molecule has 28 heavy (non-hydrogen) atoms. The number of aromatic nitrogens is 1. The van der Waals surface area contributed by atoms with Gasteiger partial charge in [0.25, 0.3) is 5.91 Å². The second kappa shape index (κ2) is 8.23. The fraction of sp³-hybridized carbons (Fsp3) is 0.217. The van der Waals surface area contributed by atoms with Crippen LogP contribution in [0.2, 0.25) is 0 Å². The summed E-state index contributed by atoms with van der Waals surface area (Å²) >= 11 is 0. The Kier molecular flexibility index (Phi) is 5.35. The third kappa shape index (κ3) is 4.21. The summed E-state index contributed by atoms with van der Waals surface area (Å²) in [5, 5.41) is 14.4. The van der Waals surface area contributed by atoms with Gasteiger partial charge in [0, 0.05) is 43.7 Å². The van der Waals surface area contributed by atoms with E-state index in [0.717, 1.165) is 19.6 Å². The van der Waals surface area contributed by atoms with Gasteiger partial charge in [-0.3, -0.25) is 9.69 Å². The molecular weight excluding hydrogens is 350 g/mol. The molecule has 0 saturated carbocycles. The molecule has 2 aromatic carbocycles. The van der Waals surface area contributed by atoms with Crippen LogP contribution in [0.4, 0.5) is 0 Å². The molecule has 1 N–H and O–H groups in total. The Balaban J connectivity index is 1.52. The molecule has 1 aliphatic heterocycles. The molecule has 0 bridgehead atoms. The van der Waals surface area contributed by atoms with Crippen LogP contribution >= 0.6 is 0 Å². The summed E-state index contributed by atoms with van der Waals surface area (Å²) in [5.41, 5.74) is 3.00. The minimum Gasteiger partial charge on any atom is -0.619 e. The third-order valence-electron chi connectivity index (χ3n) is 5.25. The molecule has 1 aromatic heterocycles. The van der Waals surface area contributed by atoms with Gasteiger partial charge in [0.05, 0.1) is 5.56 Å². The molecule has 2 heterocycles. The van der Waals surface area contributed by atoms with Gasteiger partial charge in [-0.1, -0.05) is 60.7 Å². The largest absolute Gasteiger partial charge is 0.619 e. The quantitative estimate of drug-likeness (QED) is 0.553. The van der Waals surface area contributed by atoms with Crippen molar-refractivity contribution in [1.82, 2.24) is 10.2 Å². The summed E-state index contributed by atoms with van der Waals surface area (Å²) in [6.07, 6.45) is 2.69. The van der Waals surface area contributed by atoms with Crippen LogP contribution in [0.25, 0.3) is 0 Å². The maximum Gasteiger partial charge on any atom is 0.252 e. The summed E-state index contributed by atoms with van der Waals surface area (Å²) in [6.45, 7) is 2.53. The van der Waals surface area contributed by atoms with Gasteiger partial charge in [0.1, 0.15) is 0 Å². The molecule has 4 rings (SSSR count). The number of carbonyl (C=O) groups excluding carboxylic acids is 1. The van der Waals surface area contributed by atoms with Crippen molar-refractivity contribution in [2.24, 2.45) is 0 Å². The van der Waals surface area contributed by atoms with Crippen LogP contribution in [-0.4, -0.2) is 29.9 Å². The van der Waals surface area contributed by atoms with Gasteiger partial charge in [-0.2, -0.15) is 4.73 Å². The molecular formula is C23H23N3O2. The Morgan fingerprint density at radius 2 is 1.61 bits per heavy atom. The molecule has 1 fully saturated rings. The van der Waals surface area contributed by atoms with Crippen LogP contribution in [-0.2, 0) is 6.54 Å². The lowest BCUT2D eigenvalue weighted by Gasteiger charge is -2.20. The van der Waals surface area contributed by atoms with Crippen LogP contribution in [0.5, 0.6) is 0 Å². The first-order chi connectivity index (χ1) is 13.7. The molecule has 1 aliphatic rings. The lowest BCUT2D eigenvalue weighted by Crippen LogP contribution is -2.40. The van der Waals surface area contributed by atoms with Crippen molar-refractivity contribution in [3.05, 3.63) is 107 Å². The van der Waals surface area contributed by atoms with Crippen LogP contribution in [0.15, 0.2) is 85.2 Å². The Labute approximate surface area is 164 Å². The number of pyridine rings is 1. The monoisotopic (exact) mass is 373 g/mol. The minimum absolute atomic E-state index is 0.0122. The molecule has 0 radical (unpaired) electrons. The fourth-order valence-corrected chi connectivity index (χ4v) is 3.86. The number of carbonyl (C=O) groups is 1. The molecule has 5 heteroatoms. The first kappa shape index (κ1) is 18.2. The molecule has 5 nitrogen and oxygen atoms in total. The number of amides is 1. The first-order valence-corrected chi connectivity index (χ1v) is 9.50. The van der Waals surface area contributed by atoms with E-state index in [9.17, 15) is 10.0 Å². The molecule has 0 unspecified atom stereocenters. The van der Waals surface area contributed by atoms with Gasteiger partial charge >= 0.3 is 0 Å². The van der Waals surface area contributed by atoms with E-state index in [0.29, 0.717) is 10.3 Å². The SMILES string of the molecule is O=C(N[C@@H]1CN(Cc2ccccc2)C[C@H]1c1ccccc1)c1cc[n+]([O-])cc1. The smallest absolute Gasteiger partial charge is 0.252 e. The number of benzene rings is 2. The zero-order valence-corrected chi connectivity index (χ0v) is 15.6. The molecule has 3 aromatic rings. The van der Waals surface area contributed by atoms with Gasteiger partial charge in [0.2, 0.25) is 0 Å². The number of hydrogen-bond acceptors (Lipinski definition) is 3. The third-order valence-corrected chi connectivity index (χ3v) is 5.25. The van der Waals surface area contributed by atoms with Gasteiger partial charge in [-0.05, 0) is 11.1 Å². The highest BCUT2D eigenvalue weighted by Gasteiger charge is 2.34. The Morgan fingerprint density at radius 1 is 0.964 bits per heavy atom. The predicted molar refractivity (Wildman–Crippen MR) is 108 cm³/mol. The maximum absolute atomic E-state index is 12.7. The number of rotatable bonds is 5. The van der Waals surface area contributed by atoms with Crippen molar-refractivity contribution in [2.75, 3.05) is 13.1 Å². The number of nitrogens with zero attached hydrogens (tertiary/aromatic N) is 2. The molecule has 0 aliphatic carbocycles. The molecule has 2 atom stereocenters. The lowest BCUT2D eigenvalue weighted by atomic mass is 9.94. The highest BCUT2D eigenvalue weighted by molar-refractivity contribution is 5.94. The predicted octanol–water partition coefficient (Wildman–Crippen LogP) is 2.72. The zero-order chi connectivity index (χ0) is 19.3. The topological polar surface area (TPSA) is 59.3 Å². The second-order valence-electron chi connectivity index (χ2n) is 7.22. The fourth-order valence-electron chi connectivity index (χ4n) is 3.86. The van der Waals surface area contributed by atoms with Gasteiger partial charge in [0.15, 0.2) is 12.4 Å². The van der Waals surface area contributed by atoms with Crippen molar-refractivity contribution in [3.8, 4) is 0 Å². The summed E-state index contributed by atoms with van der Waals surface area (Å²) < 4.78 is 0.681. The van der Waals surface area contributed by atoms with Crippen LogP contribution < -0.4 is 10.0 Å². The number of likely N-dealkylation sites (tertiary alicyclic amines) is 1. The van der Waals surface area contributed by atoms with E-state index in [-0.39, 0.29) is 17.9 Å². The number of hydrogen-bond donors (Lipinski definition) is 1. The van der Waals surface area contributed by atoms with Crippen molar-refractivity contribution in [3.63, 3.8) is 0 Å². The second-order valence-corrected chi connectivity index (χ2v) is 7.22. The van der Waals surface area contributed by atoms with Crippen LogP contribution in [0.3, 0.4) is 0 Å². The normalized spacial score (nSPS) is 19.4. The average Bonchev–Trinajstić information content (AvgIpc) is 3.12. The zero-order valence-electron chi connectivity index (χ0n) is 15.6. The van der Waals surface area contributed by atoms with Crippen molar-refractivity contribution >= 4 is 5.91 Å². The summed E-state index contributed by atoms with van der Waals surface area (Å²) in [7, 11) is 0. The van der Waals surface area contributed by atoms with E-state index >= 15 is 0 Å². The lowest BCUT2D eigenvalue weighted by molar-refractivity contribution is -0.605. The maximum atomic E-state index is 12.7. The van der Waals surface area contributed by atoms with E-state index in [4.69, 9.17) is 0 Å². The van der Waals surface area contributed by atoms with E-state index in [1.54, 1.807) is 12.1 Å². The molecule has 142 valence electrons. The van der Waals surface area contributed by atoms with E-state index in [1.807, 2.05) is 24.3 Å². The van der Waals surface area contributed by atoms with E-state index < -0.39 is 0 Å². The summed E-state index contributed by atoms with van der Waals surface area (Å²) in [4.78, 5) is 15.1. The van der Waals surface area contributed by atoms with E-state index in [2.05, 4.69) is 46.6 Å². The summed E-state index contributed by atoms with van der Waals surface area (Å²) in [5.74, 6) is 0.0788. The molecule has 0 spiro atoms.